The predicted molar refractivity (Wildman–Crippen MR) is 307 cm³/mol. The summed E-state index contributed by atoms with van der Waals surface area (Å²) in [7, 11) is 0. The molecule has 6 aromatic carbocycles. The van der Waals surface area contributed by atoms with Crippen molar-refractivity contribution in [2.75, 3.05) is 9.80 Å². The molecule has 7 aromatic rings. The molecule has 366 valence electrons. The van der Waals surface area contributed by atoms with Gasteiger partial charge in [-0.1, -0.05) is 172 Å². The molecule has 0 fully saturated rings. The topological polar surface area (TPSA) is 19.6 Å². The zero-order chi connectivity index (χ0) is 50.9. The summed E-state index contributed by atoms with van der Waals surface area (Å²) in [5.41, 5.74) is 25.7. The van der Waals surface area contributed by atoms with Crippen molar-refractivity contribution in [1.82, 2.24) is 0 Å². The number of aryl methyl sites for hydroxylation is 1. The normalized spacial score (nSPS) is 18.4. The predicted octanol–water partition coefficient (Wildman–Crippen LogP) is 17.1. The molecular formula is C67H79BN2O. The molecule has 0 N–H and O–H groups in total. The minimum absolute atomic E-state index is 0.0218. The first-order valence-electron chi connectivity index (χ1n) is 26.9. The van der Waals surface area contributed by atoms with Crippen molar-refractivity contribution in [2.24, 2.45) is 0 Å². The van der Waals surface area contributed by atoms with Crippen LogP contribution in [0.25, 0.3) is 22.1 Å². The lowest BCUT2D eigenvalue weighted by molar-refractivity contribution is 0.332. The van der Waals surface area contributed by atoms with Crippen molar-refractivity contribution >= 4 is 68.4 Å². The molecule has 4 aliphatic rings. The molecule has 2 aliphatic carbocycles. The van der Waals surface area contributed by atoms with Crippen molar-refractivity contribution < 1.29 is 4.42 Å². The van der Waals surface area contributed by atoms with E-state index in [9.17, 15) is 0 Å². The molecular weight excluding hydrogens is 860 g/mol. The van der Waals surface area contributed by atoms with Crippen LogP contribution in [0.1, 0.15) is 188 Å². The number of hydrogen-bond donors (Lipinski definition) is 0. The fourth-order valence-electron chi connectivity index (χ4n) is 12.9. The minimum atomic E-state index is -0.133. The second-order valence-corrected chi connectivity index (χ2v) is 28.1. The van der Waals surface area contributed by atoms with Gasteiger partial charge in [0.2, 0.25) is 0 Å². The van der Waals surface area contributed by atoms with Crippen LogP contribution in [0.5, 0.6) is 0 Å². The van der Waals surface area contributed by atoms with Crippen LogP contribution in [0.3, 0.4) is 0 Å². The Bertz CT molecular complexity index is 3320. The average Bonchev–Trinajstić information content (AvgIpc) is 3.66. The van der Waals surface area contributed by atoms with E-state index in [0.717, 1.165) is 35.2 Å². The van der Waals surface area contributed by atoms with Gasteiger partial charge in [-0.3, -0.25) is 0 Å². The molecule has 2 aliphatic heterocycles. The highest BCUT2D eigenvalue weighted by Gasteiger charge is 2.50. The first kappa shape index (κ1) is 47.8. The molecule has 0 radical (unpaired) electrons. The van der Waals surface area contributed by atoms with E-state index in [1.807, 2.05) is 0 Å². The highest BCUT2D eigenvalue weighted by atomic mass is 16.3. The van der Waals surface area contributed by atoms with Crippen LogP contribution >= 0.6 is 0 Å². The van der Waals surface area contributed by atoms with Gasteiger partial charge in [0.15, 0.2) is 0 Å². The highest BCUT2D eigenvalue weighted by Crippen LogP contribution is 2.54. The molecule has 4 heteroatoms. The molecule has 71 heavy (non-hydrogen) atoms. The average molecular weight is 939 g/mol. The lowest BCUT2D eigenvalue weighted by Crippen LogP contribution is -2.61. The van der Waals surface area contributed by atoms with Crippen molar-refractivity contribution in [3.63, 3.8) is 0 Å². The lowest BCUT2D eigenvalue weighted by Gasteiger charge is -2.47. The summed E-state index contributed by atoms with van der Waals surface area (Å²) < 4.78 is 7.56. The number of benzene rings is 6. The number of hydrogen-bond acceptors (Lipinski definition) is 3. The van der Waals surface area contributed by atoms with E-state index in [0.29, 0.717) is 0 Å². The zero-order valence-corrected chi connectivity index (χ0v) is 46.5. The van der Waals surface area contributed by atoms with E-state index >= 15 is 0 Å². The summed E-state index contributed by atoms with van der Waals surface area (Å²) in [5, 5.41) is 1.16. The summed E-state index contributed by atoms with van der Waals surface area (Å²) in [5.74, 6) is 0. The molecule has 3 heterocycles. The smallest absolute Gasteiger partial charge is 0.297 e. The van der Waals surface area contributed by atoms with Crippen molar-refractivity contribution in [3.05, 3.63) is 148 Å². The van der Waals surface area contributed by atoms with Crippen molar-refractivity contribution in [3.8, 4) is 11.1 Å². The van der Waals surface area contributed by atoms with Gasteiger partial charge in [-0.25, -0.2) is 0 Å². The van der Waals surface area contributed by atoms with Crippen LogP contribution in [0, 0.1) is 6.92 Å². The lowest BCUT2D eigenvalue weighted by atomic mass is 9.35. The maximum atomic E-state index is 7.56. The van der Waals surface area contributed by atoms with E-state index in [1.54, 1.807) is 0 Å². The maximum Gasteiger partial charge on any atom is 0.297 e. The van der Waals surface area contributed by atoms with Crippen LogP contribution in [0.2, 0.25) is 0 Å². The third kappa shape index (κ3) is 7.49. The summed E-state index contributed by atoms with van der Waals surface area (Å²) in [6.07, 6.45) is 4.67. The van der Waals surface area contributed by atoms with E-state index in [2.05, 4.69) is 238 Å². The van der Waals surface area contributed by atoms with E-state index < -0.39 is 0 Å². The van der Waals surface area contributed by atoms with Gasteiger partial charge in [0.25, 0.3) is 6.71 Å². The number of fused-ring (bicyclic) bond motifs is 8. The molecule has 0 spiro atoms. The number of para-hydroxylation sites is 1. The number of nitrogens with zero attached hydrogens (tertiary/aromatic N) is 2. The second-order valence-electron chi connectivity index (χ2n) is 28.1. The highest BCUT2D eigenvalue weighted by molar-refractivity contribution is 7.00. The molecule has 0 bridgehead atoms. The van der Waals surface area contributed by atoms with Crippen molar-refractivity contribution in [2.45, 2.75) is 188 Å². The zero-order valence-electron chi connectivity index (χ0n) is 46.5. The summed E-state index contributed by atoms with van der Waals surface area (Å²) >= 11 is 0. The van der Waals surface area contributed by atoms with Gasteiger partial charge in [0, 0.05) is 33.7 Å². The molecule has 0 amide bonds. The van der Waals surface area contributed by atoms with Gasteiger partial charge in [0.1, 0.15) is 5.58 Å². The Kier molecular flexibility index (Phi) is 10.3. The van der Waals surface area contributed by atoms with Gasteiger partial charge in [-0.05, 0) is 180 Å². The third-order valence-electron chi connectivity index (χ3n) is 17.9. The summed E-state index contributed by atoms with van der Waals surface area (Å²) in [6.45, 7) is 43.0. The fraction of sp³-hybridized carbons (Fsp3) is 0.433. The maximum absolute atomic E-state index is 7.56. The number of anilines is 6. The summed E-state index contributed by atoms with van der Waals surface area (Å²) in [4.78, 5) is 5.30. The number of furan rings is 1. The Morgan fingerprint density at radius 1 is 0.479 bits per heavy atom. The molecule has 0 saturated heterocycles. The first-order valence-corrected chi connectivity index (χ1v) is 26.9. The Balaban J connectivity index is 1.27. The summed E-state index contributed by atoms with van der Waals surface area (Å²) in [6, 6.07) is 41.3. The minimum Gasteiger partial charge on any atom is -0.468 e. The monoisotopic (exact) mass is 939 g/mol. The Morgan fingerprint density at radius 3 is 1.61 bits per heavy atom. The third-order valence-corrected chi connectivity index (χ3v) is 17.9. The van der Waals surface area contributed by atoms with E-state index in [4.69, 9.17) is 4.42 Å². The molecule has 11 rings (SSSR count). The van der Waals surface area contributed by atoms with Crippen LogP contribution < -0.4 is 26.4 Å². The van der Waals surface area contributed by atoms with Crippen LogP contribution in [0.4, 0.5) is 34.1 Å². The van der Waals surface area contributed by atoms with Gasteiger partial charge in [-0.15, -0.1) is 0 Å². The van der Waals surface area contributed by atoms with E-state index in [1.165, 1.54) is 108 Å². The largest absolute Gasteiger partial charge is 0.468 e. The van der Waals surface area contributed by atoms with Crippen molar-refractivity contribution in [1.29, 1.82) is 0 Å². The van der Waals surface area contributed by atoms with Gasteiger partial charge in [-0.2, -0.15) is 0 Å². The molecule has 1 aromatic heterocycles. The molecule has 0 atom stereocenters. The van der Waals surface area contributed by atoms with E-state index in [-0.39, 0.29) is 44.6 Å². The standard InChI is InChI=1S/C67H79BN2O/c1-40-31-55-58-56(32-40)70(53-22-20-19-21-46(53)41-33-43(62(5,6)7)35-44(34-41)63(8,9)10)59-47-36-42(61(2,3)4)23-26-57(47)71-60(59)68(58)52-38-50-51(67(17,18)30-29-66(50,15)16)39-54(52)69(55)45-24-25-48-49(37-45)65(13,14)28-27-64(48,11)12/h19-26,31-39H,27-30H2,1-18H3. The first-order chi connectivity index (χ1) is 33.0. The SMILES string of the molecule is Cc1cc2c3c(c1)N(c1ccccc1-c1cc(C(C)(C)C)cc(C(C)(C)C)c1)c1c(oc4ccc(C(C)(C)C)cc14)B3c1cc3c(cc1N2c1ccc2c(c1)C(C)(C)CCC2(C)C)C(C)(C)CCC3(C)C. The molecule has 0 unspecified atom stereocenters. The second kappa shape index (κ2) is 15.3. The van der Waals surface area contributed by atoms with Crippen LogP contribution in [0.15, 0.2) is 108 Å². The quantitative estimate of drug-likeness (QED) is 0.165. The molecule has 3 nitrogen and oxygen atoms in total. The van der Waals surface area contributed by atoms with Gasteiger partial charge >= 0.3 is 0 Å². The fourth-order valence-corrected chi connectivity index (χ4v) is 12.9. The van der Waals surface area contributed by atoms with Gasteiger partial charge < -0.3 is 14.2 Å². The number of rotatable bonds is 3. The Morgan fingerprint density at radius 2 is 1.01 bits per heavy atom. The Labute approximate surface area is 427 Å². The van der Waals surface area contributed by atoms with Gasteiger partial charge in [0.05, 0.1) is 17.0 Å². The molecule has 0 saturated carbocycles. The van der Waals surface area contributed by atoms with Crippen LogP contribution in [-0.2, 0) is 37.9 Å². The Hall–Kier alpha value is -5.48. The van der Waals surface area contributed by atoms with Crippen LogP contribution in [-0.4, -0.2) is 6.71 Å².